The Hall–Kier alpha value is -2.47. The molecule has 0 saturated carbocycles. The van der Waals surface area contributed by atoms with E-state index in [4.69, 9.17) is 9.15 Å². The van der Waals surface area contributed by atoms with Crippen molar-refractivity contribution in [1.29, 1.82) is 0 Å². The van der Waals surface area contributed by atoms with Crippen LogP contribution in [0.5, 0.6) is 0 Å². The van der Waals surface area contributed by atoms with Gasteiger partial charge in [0.1, 0.15) is 17.1 Å². The third-order valence-corrected chi connectivity index (χ3v) is 3.72. The van der Waals surface area contributed by atoms with Crippen LogP contribution < -0.4 is 4.90 Å². The maximum atomic E-state index is 6.05. The third kappa shape index (κ3) is 2.31. The molecule has 0 radical (unpaired) electrons. The van der Waals surface area contributed by atoms with Crippen LogP contribution >= 0.6 is 0 Å². The average Bonchev–Trinajstić information content (AvgIpc) is 2.99. The lowest BCUT2D eigenvalue weighted by Crippen LogP contribution is -2.37. The fraction of sp³-hybridized carbons (Fsp3) is 0.312. The number of nitrogens with zero attached hydrogens (tertiary/aromatic N) is 4. The van der Waals surface area contributed by atoms with Gasteiger partial charge < -0.3 is 14.1 Å². The minimum absolute atomic E-state index is 0.709. The molecule has 3 aromatic rings. The molecule has 0 amide bonds. The van der Waals surface area contributed by atoms with Gasteiger partial charge in [0.15, 0.2) is 11.4 Å². The Morgan fingerprint density at radius 2 is 2.05 bits per heavy atom. The van der Waals surface area contributed by atoms with Crippen molar-refractivity contribution in [3.63, 3.8) is 0 Å². The van der Waals surface area contributed by atoms with Gasteiger partial charge in [-0.15, -0.1) is 0 Å². The minimum atomic E-state index is 0.709. The molecule has 3 aromatic heterocycles. The first-order valence-electron chi connectivity index (χ1n) is 7.32. The van der Waals surface area contributed by atoms with Gasteiger partial charge in [0.2, 0.25) is 0 Å². The van der Waals surface area contributed by atoms with E-state index in [1.807, 2.05) is 25.1 Å². The largest absolute Gasteiger partial charge is 0.450 e. The summed E-state index contributed by atoms with van der Waals surface area (Å²) in [7, 11) is 0. The van der Waals surface area contributed by atoms with Crippen LogP contribution in [0.25, 0.3) is 22.4 Å². The molecule has 1 saturated heterocycles. The lowest BCUT2D eigenvalue weighted by molar-refractivity contribution is 0.122. The lowest BCUT2D eigenvalue weighted by atomic mass is 10.2. The summed E-state index contributed by atoms with van der Waals surface area (Å²) in [5.41, 5.74) is 2.49. The van der Waals surface area contributed by atoms with Gasteiger partial charge in [0, 0.05) is 37.1 Å². The number of morpholine rings is 1. The summed E-state index contributed by atoms with van der Waals surface area (Å²) >= 11 is 0. The van der Waals surface area contributed by atoms with Gasteiger partial charge in [-0.25, -0.2) is 9.97 Å². The van der Waals surface area contributed by atoms with E-state index < -0.39 is 0 Å². The molecule has 0 N–H and O–H groups in total. The van der Waals surface area contributed by atoms with E-state index in [2.05, 4.69) is 19.9 Å². The SMILES string of the molecule is Cc1nc(N2CCOCC2)c2oc(-c3cccnc3)cc2n1. The number of pyridine rings is 1. The van der Waals surface area contributed by atoms with Crippen LogP contribution in [0.2, 0.25) is 0 Å². The fourth-order valence-corrected chi connectivity index (χ4v) is 2.67. The Kier molecular flexibility index (Phi) is 3.23. The van der Waals surface area contributed by atoms with Crippen molar-refractivity contribution in [1.82, 2.24) is 15.0 Å². The van der Waals surface area contributed by atoms with Gasteiger partial charge in [-0.1, -0.05) is 0 Å². The van der Waals surface area contributed by atoms with Crippen molar-refractivity contribution in [3.8, 4) is 11.3 Å². The topological polar surface area (TPSA) is 64.3 Å². The Morgan fingerprint density at radius 1 is 1.18 bits per heavy atom. The average molecular weight is 296 g/mol. The summed E-state index contributed by atoms with van der Waals surface area (Å²) in [6.07, 6.45) is 3.53. The van der Waals surface area contributed by atoms with Crippen molar-refractivity contribution >= 4 is 16.9 Å². The lowest BCUT2D eigenvalue weighted by Gasteiger charge is -2.27. The zero-order valence-electron chi connectivity index (χ0n) is 12.3. The Labute approximate surface area is 127 Å². The van der Waals surface area contributed by atoms with Crippen molar-refractivity contribution in [2.45, 2.75) is 6.92 Å². The van der Waals surface area contributed by atoms with Crippen LogP contribution in [-0.2, 0) is 4.74 Å². The summed E-state index contributed by atoms with van der Waals surface area (Å²) in [6.45, 7) is 4.95. The van der Waals surface area contributed by atoms with E-state index in [0.29, 0.717) is 13.2 Å². The monoisotopic (exact) mass is 296 g/mol. The summed E-state index contributed by atoms with van der Waals surface area (Å²) in [6, 6.07) is 5.81. The van der Waals surface area contributed by atoms with Crippen molar-refractivity contribution < 1.29 is 9.15 Å². The smallest absolute Gasteiger partial charge is 0.195 e. The molecule has 0 unspecified atom stereocenters. The number of fused-ring (bicyclic) bond motifs is 1. The van der Waals surface area contributed by atoms with E-state index in [0.717, 1.165) is 47.2 Å². The number of hydrogen-bond acceptors (Lipinski definition) is 6. The molecule has 22 heavy (non-hydrogen) atoms. The molecular formula is C16H16N4O2. The van der Waals surface area contributed by atoms with Gasteiger partial charge in [-0.3, -0.25) is 4.98 Å². The molecule has 4 rings (SSSR count). The van der Waals surface area contributed by atoms with Crippen LogP contribution in [-0.4, -0.2) is 41.3 Å². The number of anilines is 1. The highest BCUT2D eigenvalue weighted by Gasteiger charge is 2.20. The first-order valence-corrected chi connectivity index (χ1v) is 7.32. The van der Waals surface area contributed by atoms with Crippen LogP contribution in [0.3, 0.4) is 0 Å². The molecule has 0 aliphatic carbocycles. The first-order chi connectivity index (χ1) is 10.8. The predicted molar refractivity (Wildman–Crippen MR) is 82.8 cm³/mol. The van der Waals surface area contributed by atoms with Crippen LogP contribution in [0.1, 0.15) is 5.82 Å². The Balaban J connectivity index is 1.84. The van der Waals surface area contributed by atoms with Gasteiger partial charge >= 0.3 is 0 Å². The highest BCUT2D eigenvalue weighted by atomic mass is 16.5. The quantitative estimate of drug-likeness (QED) is 0.723. The Bertz CT molecular complexity index is 795. The number of ether oxygens (including phenoxy) is 1. The molecule has 0 atom stereocenters. The molecule has 6 heteroatoms. The Morgan fingerprint density at radius 3 is 2.82 bits per heavy atom. The number of rotatable bonds is 2. The van der Waals surface area contributed by atoms with Crippen molar-refractivity contribution in [2.75, 3.05) is 31.2 Å². The maximum Gasteiger partial charge on any atom is 0.195 e. The van der Waals surface area contributed by atoms with Gasteiger partial charge in [-0.2, -0.15) is 0 Å². The second-order valence-electron chi connectivity index (χ2n) is 5.26. The zero-order valence-corrected chi connectivity index (χ0v) is 12.3. The van der Waals surface area contributed by atoms with E-state index >= 15 is 0 Å². The zero-order chi connectivity index (χ0) is 14.9. The molecular weight excluding hydrogens is 280 g/mol. The third-order valence-electron chi connectivity index (χ3n) is 3.72. The molecule has 0 bridgehead atoms. The number of aromatic nitrogens is 3. The number of hydrogen-bond donors (Lipinski definition) is 0. The maximum absolute atomic E-state index is 6.05. The van der Waals surface area contributed by atoms with Crippen LogP contribution in [0.4, 0.5) is 5.82 Å². The van der Waals surface area contributed by atoms with E-state index in [1.54, 1.807) is 12.4 Å². The predicted octanol–water partition coefficient (Wildman–Crippen LogP) is 2.43. The summed E-state index contributed by atoms with van der Waals surface area (Å²) in [5.74, 6) is 2.35. The van der Waals surface area contributed by atoms with Gasteiger partial charge in [-0.05, 0) is 19.1 Å². The highest BCUT2D eigenvalue weighted by molar-refractivity contribution is 5.87. The molecule has 112 valence electrons. The van der Waals surface area contributed by atoms with Gasteiger partial charge in [0.05, 0.1) is 13.2 Å². The number of furan rings is 1. The minimum Gasteiger partial charge on any atom is -0.450 e. The second kappa shape index (κ2) is 5.38. The van der Waals surface area contributed by atoms with E-state index in [9.17, 15) is 0 Å². The molecule has 4 heterocycles. The highest BCUT2D eigenvalue weighted by Crippen LogP contribution is 2.32. The van der Waals surface area contributed by atoms with Crippen LogP contribution in [0, 0.1) is 6.92 Å². The molecule has 1 aliphatic rings. The summed E-state index contributed by atoms with van der Waals surface area (Å²) in [5, 5.41) is 0. The molecule has 1 fully saturated rings. The fourth-order valence-electron chi connectivity index (χ4n) is 2.67. The molecule has 1 aliphatic heterocycles. The first kappa shape index (κ1) is 13.2. The molecule has 0 aromatic carbocycles. The summed E-state index contributed by atoms with van der Waals surface area (Å²) in [4.78, 5) is 15.4. The van der Waals surface area contributed by atoms with E-state index in [-0.39, 0.29) is 0 Å². The number of aryl methyl sites for hydroxylation is 1. The van der Waals surface area contributed by atoms with E-state index in [1.165, 1.54) is 0 Å². The molecule has 6 nitrogen and oxygen atoms in total. The summed E-state index contributed by atoms with van der Waals surface area (Å²) < 4.78 is 11.5. The molecule has 0 spiro atoms. The van der Waals surface area contributed by atoms with Crippen LogP contribution in [0.15, 0.2) is 35.0 Å². The van der Waals surface area contributed by atoms with Crippen molar-refractivity contribution in [2.24, 2.45) is 0 Å². The van der Waals surface area contributed by atoms with Crippen molar-refractivity contribution in [3.05, 3.63) is 36.4 Å². The standard InChI is InChI=1S/C16H16N4O2/c1-11-18-13-9-14(12-3-2-4-17-10-12)22-15(13)16(19-11)20-5-7-21-8-6-20/h2-4,9-10H,5-8H2,1H3. The van der Waals surface area contributed by atoms with Gasteiger partial charge in [0.25, 0.3) is 0 Å². The normalized spacial score (nSPS) is 15.4. The second-order valence-corrected chi connectivity index (χ2v) is 5.26.